The number of unbranched alkanes of at least 4 members (excludes halogenated alkanes) is 1. The molecule has 1 aromatic carbocycles. The van der Waals surface area contributed by atoms with Gasteiger partial charge in [-0.15, -0.1) is 0 Å². The fourth-order valence-corrected chi connectivity index (χ4v) is 1.59. The Labute approximate surface area is 108 Å². The van der Waals surface area contributed by atoms with Crippen LogP contribution in [0, 0.1) is 0 Å². The maximum atomic E-state index is 10.4. The number of nitrogens with zero attached hydrogens (tertiary/aromatic N) is 1. The zero-order valence-corrected chi connectivity index (χ0v) is 10.8. The van der Waals surface area contributed by atoms with Gasteiger partial charge in [0, 0.05) is 6.54 Å². The maximum Gasteiger partial charge on any atom is 0.304 e. The first-order valence-electron chi connectivity index (χ1n) is 6.26. The van der Waals surface area contributed by atoms with E-state index >= 15 is 0 Å². The molecule has 0 amide bonds. The zero-order chi connectivity index (χ0) is 13.2. The Balaban J connectivity index is 2.00. The summed E-state index contributed by atoms with van der Waals surface area (Å²) in [5.74, 6) is 0.158. The summed E-state index contributed by atoms with van der Waals surface area (Å²) < 4.78 is 5.57. The molecule has 1 N–H and O–H groups in total. The van der Waals surface area contributed by atoms with E-state index in [9.17, 15) is 4.79 Å². The fourth-order valence-electron chi connectivity index (χ4n) is 1.59. The van der Waals surface area contributed by atoms with Gasteiger partial charge in [0.25, 0.3) is 0 Å². The number of hydrogen-bond acceptors (Lipinski definition) is 3. The largest absolute Gasteiger partial charge is 0.494 e. The third-order valence-electron chi connectivity index (χ3n) is 2.65. The molecule has 0 radical (unpaired) electrons. The first kappa shape index (κ1) is 14.5. The molecule has 0 aliphatic rings. The molecule has 0 spiro atoms. The van der Waals surface area contributed by atoms with E-state index in [0.29, 0.717) is 13.2 Å². The number of aliphatic carboxylic acids is 1. The van der Waals surface area contributed by atoms with Gasteiger partial charge in [-0.25, -0.2) is 0 Å². The van der Waals surface area contributed by atoms with Crippen molar-refractivity contribution in [3.8, 4) is 5.75 Å². The SMILES string of the molecule is CN(CCCCOc1ccccc1)CCC(=O)O. The molecule has 0 bridgehead atoms. The second-order valence-electron chi connectivity index (χ2n) is 4.32. The Kier molecular flexibility index (Phi) is 6.87. The van der Waals surface area contributed by atoms with Crippen LogP contribution in [0.4, 0.5) is 0 Å². The first-order valence-corrected chi connectivity index (χ1v) is 6.26. The predicted molar refractivity (Wildman–Crippen MR) is 70.9 cm³/mol. The average molecular weight is 251 g/mol. The van der Waals surface area contributed by atoms with Crippen LogP contribution < -0.4 is 4.74 Å². The Bertz CT molecular complexity index is 340. The molecule has 18 heavy (non-hydrogen) atoms. The van der Waals surface area contributed by atoms with Gasteiger partial charge in [-0.1, -0.05) is 18.2 Å². The molecular weight excluding hydrogens is 230 g/mol. The van der Waals surface area contributed by atoms with E-state index < -0.39 is 5.97 Å². The summed E-state index contributed by atoms with van der Waals surface area (Å²) in [6.45, 7) is 2.22. The molecule has 0 aliphatic heterocycles. The molecule has 1 aromatic rings. The lowest BCUT2D eigenvalue weighted by atomic mass is 10.3. The van der Waals surface area contributed by atoms with Crippen molar-refractivity contribution in [3.63, 3.8) is 0 Å². The summed E-state index contributed by atoms with van der Waals surface area (Å²) in [5.41, 5.74) is 0. The summed E-state index contributed by atoms with van der Waals surface area (Å²) in [4.78, 5) is 12.4. The Hall–Kier alpha value is -1.55. The number of hydrogen-bond donors (Lipinski definition) is 1. The van der Waals surface area contributed by atoms with Crippen molar-refractivity contribution in [2.45, 2.75) is 19.3 Å². The minimum absolute atomic E-state index is 0.205. The molecule has 0 aliphatic carbocycles. The van der Waals surface area contributed by atoms with Gasteiger partial charge < -0.3 is 14.7 Å². The zero-order valence-electron chi connectivity index (χ0n) is 10.8. The molecule has 0 heterocycles. The molecule has 0 atom stereocenters. The molecule has 0 unspecified atom stereocenters. The van der Waals surface area contributed by atoms with Crippen LogP contribution >= 0.6 is 0 Å². The van der Waals surface area contributed by atoms with Gasteiger partial charge in [0.05, 0.1) is 13.0 Å². The van der Waals surface area contributed by atoms with Crippen LogP contribution in [0.1, 0.15) is 19.3 Å². The van der Waals surface area contributed by atoms with Gasteiger partial charge in [-0.3, -0.25) is 4.79 Å². The molecule has 0 saturated carbocycles. The minimum atomic E-state index is -0.741. The highest BCUT2D eigenvalue weighted by Gasteiger charge is 2.02. The van der Waals surface area contributed by atoms with Crippen LogP contribution in [-0.4, -0.2) is 42.7 Å². The van der Waals surface area contributed by atoms with Crippen LogP contribution in [0.5, 0.6) is 5.75 Å². The highest BCUT2D eigenvalue weighted by Crippen LogP contribution is 2.08. The van der Waals surface area contributed by atoms with Crippen molar-refractivity contribution >= 4 is 5.97 Å². The lowest BCUT2D eigenvalue weighted by Gasteiger charge is -2.15. The van der Waals surface area contributed by atoms with Crippen LogP contribution in [-0.2, 0) is 4.79 Å². The van der Waals surface area contributed by atoms with Crippen molar-refractivity contribution in [2.24, 2.45) is 0 Å². The molecule has 0 saturated heterocycles. The monoisotopic (exact) mass is 251 g/mol. The quantitative estimate of drug-likeness (QED) is 0.684. The molecule has 4 heteroatoms. The van der Waals surface area contributed by atoms with Crippen LogP contribution in [0.25, 0.3) is 0 Å². The van der Waals surface area contributed by atoms with E-state index in [0.717, 1.165) is 25.1 Å². The van der Waals surface area contributed by atoms with Crippen molar-refractivity contribution in [1.29, 1.82) is 0 Å². The summed E-state index contributed by atoms with van der Waals surface area (Å²) in [6.07, 6.45) is 2.20. The van der Waals surface area contributed by atoms with Gasteiger partial charge in [-0.2, -0.15) is 0 Å². The second-order valence-corrected chi connectivity index (χ2v) is 4.32. The smallest absolute Gasteiger partial charge is 0.304 e. The third kappa shape index (κ3) is 6.91. The Morgan fingerprint density at radius 2 is 1.94 bits per heavy atom. The second kappa shape index (κ2) is 8.53. The van der Waals surface area contributed by atoms with E-state index in [4.69, 9.17) is 9.84 Å². The molecule has 0 fully saturated rings. The van der Waals surface area contributed by atoms with Crippen molar-refractivity contribution in [3.05, 3.63) is 30.3 Å². The molecule has 4 nitrogen and oxygen atoms in total. The Morgan fingerprint density at radius 3 is 2.61 bits per heavy atom. The number of rotatable bonds is 9. The topological polar surface area (TPSA) is 49.8 Å². The van der Waals surface area contributed by atoms with E-state index in [-0.39, 0.29) is 6.42 Å². The van der Waals surface area contributed by atoms with Crippen molar-refractivity contribution < 1.29 is 14.6 Å². The molecule has 100 valence electrons. The third-order valence-corrected chi connectivity index (χ3v) is 2.65. The minimum Gasteiger partial charge on any atom is -0.494 e. The van der Waals surface area contributed by atoms with Gasteiger partial charge in [0.15, 0.2) is 0 Å². The van der Waals surface area contributed by atoms with Crippen LogP contribution in [0.3, 0.4) is 0 Å². The standard InChI is InChI=1S/C14H21NO3/c1-15(11-9-14(16)17)10-5-6-12-18-13-7-3-2-4-8-13/h2-4,7-8H,5-6,9-12H2,1H3,(H,16,17). The number of carbonyl (C=O) groups is 1. The van der Waals surface area contributed by atoms with Crippen LogP contribution in [0.15, 0.2) is 30.3 Å². The number of carboxylic acids is 1. The molecule has 0 aromatic heterocycles. The van der Waals surface area contributed by atoms with Gasteiger partial charge in [0.2, 0.25) is 0 Å². The lowest BCUT2D eigenvalue weighted by Crippen LogP contribution is -2.23. The summed E-state index contributed by atoms with van der Waals surface area (Å²) >= 11 is 0. The lowest BCUT2D eigenvalue weighted by molar-refractivity contribution is -0.137. The predicted octanol–water partition coefficient (Wildman–Crippen LogP) is 2.25. The van der Waals surface area contributed by atoms with Gasteiger partial charge >= 0.3 is 5.97 Å². The first-order chi connectivity index (χ1) is 8.68. The normalized spacial score (nSPS) is 10.6. The molecular formula is C14H21NO3. The van der Waals surface area contributed by atoms with Crippen molar-refractivity contribution in [2.75, 3.05) is 26.7 Å². The number of carboxylic acid groups (broad SMARTS) is 1. The van der Waals surface area contributed by atoms with E-state index in [1.807, 2.05) is 42.3 Å². The highest BCUT2D eigenvalue weighted by atomic mass is 16.5. The fraction of sp³-hybridized carbons (Fsp3) is 0.500. The summed E-state index contributed by atoms with van der Waals surface area (Å²) in [6, 6.07) is 9.76. The maximum absolute atomic E-state index is 10.4. The van der Waals surface area contributed by atoms with Crippen LogP contribution in [0.2, 0.25) is 0 Å². The average Bonchev–Trinajstić information content (AvgIpc) is 2.37. The number of ether oxygens (including phenoxy) is 1. The summed E-state index contributed by atoms with van der Waals surface area (Å²) in [7, 11) is 1.95. The molecule has 1 rings (SSSR count). The van der Waals surface area contributed by atoms with E-state index in [2.05, 4.69) is 0 Å². The summed E-state index contributed by atoms with van der Waals surface area (Å²) in [5, 5.41) is 8.55. The Morgan fingerprint density at radius 1 is 1.22 bits per heavy atom. The number of benzene rings is 1. The van der Waals surface area contributed by atoms with Crippen molar-refractivity contribution in [1.82, 2.24) is 4.90 Å². The van der Waals surface area contributed by atoms with Gasteiger partial charge in [-0.05, 0) is 38.6 Å². The van der Waals surface area contributed by atoms with E-state index in [1.165, 1.54) is 0 Å². The van der Waals surface area contributed by atoms with Gasteiger partial charge in [0.1, 0.15) is 5.75 Å². The highest BCUT2D eigenvalue weighted by molar-refractivity contribution is 5.66. The number of para-hydroxylation sites is 1. The van der Waals surface area contributed by atoms with E-state index in [1.54, 1.807) is 0 Å².